The molecular weight excluding hydrogens is 448 g/mol. The van der Waals surface area contributed by atoms with E-state index >= 15 is 0 Å². The van der Waals surface area contributed by atoms with Crippen molar-refractivity contribution in [2.24, 2.45) is 0 Å². The monoisotopic (exact) mass is 474 g/mol. The van der Waals surface area contributed by atoms with E-state index in [0.717, 1.165) is 48.6 Å². The van der Waals surface area contributed by atoms with E-state index < -0.39 is 10.1 Å². The summed E-state index contributed by atoms with van der Waals surface area (Å²) in [5, 5.41) is 5.61. The predicted molar refractivity (Wildman–Crippen MR) is 120 cm³/mol. The third-order valence-corrected chi connectivity index (χ3v) is 6.17. The van der Waals surface area contributed by atoms with E-state index in [0.29, 0.717) is 38.1 Å². The number of hydrogen-bond acceptors (Lipinski definition) is 10. The summed E-state index contributed by atoms with van der Waals surface area (Å²) in [6, 6.07) is 5.77. The van der Waals surface area contributed by atoms with Gasteiger partial charge in [0.15, 0.2) is 11.6 Å². The first-order valence-electron chi connectivity index (χ1n) is 11.0. The van der Waals surface area contributed by atoms with Crippen LogP contribution in [0.15, 0.2) is 24.4 Å². The molecule has 1 atom stereocenters. The highest BCUT2D eigenvalue weighted by Crippen LogP contribution is 2.30. The molecule has 12 heteroatoms. The van der Waals surface area contributed by atoms with Crippen LogP contribution in [0.5, 0.6) is 0 Å². The minimum Gasteiger partial charge on any atom is -0.378 e. The third-order valence-electron chi connectivity index (χ3n) is 5.63. The minimum atomic E-state index is -3.64. The minimum absolute atomic E-state index is 0.0833. The average molecular weight is 475 g/mol. The summed E-state index contributed by atoms with van der Waals surface area (Å²) >= 11 is 0. The van der Waals surface area contributed by atoms with Crippen molar-refractivity contribution < 1.29 is 22.1 Å². The third kappa shape index (κ3) is 5.13. The highest BCUT2D eigenvalue weighted by molar-refractivity contribution is 7.85. The summed E-state index contributed by atoms with van der Waals surface area (Å²) in [6.07, 6.45) is 5.97. The first-order valence-corrected chi connectivity index (χ1v) is 12.8. The van der Waals surface area contributed by atoms with Crippen molar-refractivity contribution in [3.63, 3.8) is 0 Å². The highest BCUT2D eigenvalue weighted by atomic mass is 32.2. The molecule has 1 unspecified atom stereocenters. The van der Waals surface area contributed by atoms with E-state index in [-0.39, 0.29) is 18.7 Å². The van der Waals surface area contributed by atoms with Gasteiger partial charge in [0.05, 0.1) is 25.0 Å². The van der Waals surface area contributed by atoms with E-state index in [1.54, 1.807) is 0 Å². The molecule has 5 rings (SSSR count). The molecule has 176 valence electrons. The molecule has 0 saturated carbocycles. The highest BCUT2D eigenvalue weighted by Gasteiger charge is 2.21. The van der Waals surface area contributed by atoms with Crippen LogP contribution < -0.4 is 4.90 Å². The fraction of sp³-hybridized carbons (Fsp3) is 0.524. The Kier molecular flexibility index (Phi) is 6.23. The Morgan fingerprint density at radius 1 is 1.12 bits per heavy atom. The average Bonchev–Trinajstić information content (AvgIpc) is 3.28. The summed E-state index contributed by atoms with van der Waals surface area (Å²) in [6.45, 7) is 2.87. The van der Waals surface area contributed by atoms with Gasteiger partial charge in [0.1, 0.15) is 12.8 Å². The maximum atomic E-state index is 11.5. The van der Waals surface area contributed by atoms with Gasteiger partial charge in [-0.3, -0.25) is 4.18 Å². The summed E-state index contributed by atoms with van der Waals surface area (Å²) < 4.78 is 41.2. The first-order chi connectivity index (χ1) is 16.0. The SMILES string of the molecule is CS(=O)(=O)OCc1nc(-c2cccc3nn(C4CCCCO4)cc23)nc(N2CCOCC2)n1. The van der Waals surface area contributed by atoms with Crippen LogP contribution >= 0.6 is 0 Å². The standard InChI is InChI=1S/C21H26N6O5S/c1-33(28,29)32-14-18-22-20(24-21(23-18)26-8-11-30-12-9-26)15-5-4-6-17-16(15)13-27(25-17)19-7-2-3-10-31-19/h4-6,13,19H,2-3,7-12,14H2,1H3. The van der Waals surface area contributed by atoms with Crippen molar-refractivity contribution in [3.8, 4) is 11.4 Å². The van der Waals surface area contributed by atoms with E-state index in [9.17, 15) is 8.42 Å². The van der Waals surface area contributed by atoms with Gasteiger partial charge in [-0.05, 0) is 25.3 Å². The number of morpholine rings is 1. The van der Waals surface area contributed by atoms with E-state index in [1.807, 2.05) is 34.0 Å². The van der Waals surface area contributed by atoms with Crippen molar-refractivity contribution in [1.29, 1.82) is 0 Å². The van der Waals surface area contributed by atoms with Crippen LogP contribution in [0.1, 0.15) is 31.3 Å². The number of rotatable bonds is 6. The summed E-state index contributed by atoms with van der Waals surface area (Å²) in [5.41, 5.74) is 1.59. The van der Waals surface area contributed by atoms with Gasteiger partial charge in [0.25, 0.3) is 10.1 Å². The van der Waals surface area contributed by atoms with Crippen LogP contribution in [0.4, 0.5) is 5.95 Å². The zero-order valence-electron chi connectivity index (χ0n) is 18.4. The Bertz CT molecular complexity index is 1240. The Labute approximate surface area is 191 Å². The molecule has 0 aliphatic carbocycles. The van der Waals surface area contributed by atoms with Crippen molar-refractivity contribution in [2.45, 2.75) is 32.1 Å². The molecule has 0 N–H and O–H groups in total. The van der Waals surface area contributed by atoms with E-state index in [2.05, 4.69) is 9.97 Å². The molecule has 1 aromatic carbocycles. The quantitative estimate of drug-likeness (QED) is 0.490. The Balaban J connectivity index is 1.55. The van der Waals surface area contributed by atoms with Crippen molar-refractivity contribution in [3.05, 3.63) is 30.2 Å². The molecule has 0 amide bonds. The molecule has 4 heterocycles. The van der Waals surface area contributed by atoms with Crippen LogP contribution in [-0.4, -0.2) is 72.3 Å². The lowest BCUT2D eigenvalue weighted by atomic mass is 10.1. The van der Waals surface area contributed by atoms with Gasteiger partial charge >= 0.3 is 0 Å². The van der Waals surface area contributed by atoms with E-state index in [1.165, 1.54) is 0 Å². The van der Waals surface area contributed by atoms with Gasteiger partial charge in [-0.15, -0.1) is 0 Å². The van der Waals surface area contributed by atoms with Crippen LogP contribution in [-0.2, 0) is 30.4 Å². The Morgan fingerprint density at radius 3 is 2.73 bits per heavy atom. The second-order valence-electron chi connectivity index (χ2n) is 8.11. The number of ether oxygens (including phenoxy) is 2. The zero-order chi connectivity index (χ0) is 22.8. The summed E-state index contributed by atoms with van der Waals surface area (Å²) in [4.78, 5) is 15.7. The topological polar surface area (TPSA) is 122 Å². The van der Waals surface area contributed by atoms with Crippen LogP contribution in [0.25, 0.3) is 22.3 Å². The molecule has 2 fully saturated rings. The molecule has 2 aliphatic heterocycles. The van der Waals surface area contributed by atoms with Crippen molar-refractivity contribution in [2.75, 3.05) is 44.1 Å². The Hall–Kier alpha value is -2.67. The molecule has 0 bridgehead atoms. The molecule has 0 spiro atoms. The maximum absolute atomic E-state index is 11.5. The van der Waals surface area contributed by atoms with Gasteiger partial charge in [-0.2, -0.15) is 23.5 Å². The molecule has 2 aromatic heterocycles. The first kappa shape index (κ1) is 22.1. The molecule has 2 aliphatic rings. The molecule has 0 radical (unpaired) electrons. The largest absolute Gasteiger partial charge is 0.378 e. The second kappa shape index (κ2) is 9.29. The summed E-state index contributed by atoms with van der Waals surface area (Å²) in [7, 11) is -3.64. The molecule has 2 saturated heterocycles. The Morgan fingerprint density at radius 2 is 1.97 bits per heavy atom. The van der Waals surface area contributed by atoms with E-state index in [4.69, 9.17) is 23.7 Å². The fourth-order valence-corrected chi connectivity index (χ4v) is 4.31. The van der Waals surface area contributed by atoms with Gasteiger partial charge < -0.3 is 14.4 Å². The number of anilines is 1. The number of benzene rings is 1. The summed E-state index contributed by atoms with van der Waals surface area (Å²) in [5.74, 6) is 1.15. The zero-order valence-corrected chi connectivity index (χ0v) is 19.2. The fourth-order valence-electron chi connectivity index (χ4n) is 3.99. The lowest BCUT2D eigenvalue weighted by Gasteiger charge is -2.27. The number of hydrogen-bond donors (Lipinski definition) is 0. The molecule has 3 aromatic rings. The lowest BCUT2D eigenvalue weighted by molar-refractivity contribution is -0.0390. The van der Waals surface area contributed by atoms with Gasteiger partial charge in [0, 0.05) is 36.8 Å². The molecular formula is C21H26N6O5S. The van der Waals surface area contributed by atoms with Crippen LogP contribution in [0, 0.1) is 0 Å². The van der Waals surface area contributed by atoms with Gasteiger partial charge in [-0.25, -0.2) is 9.67 Å². The van der Waals surface area contributed by atoms with Gasteiger partial charge in [-0.1, -0.05) is 12.1 Å². The predicted octanol–water partition coefficient (Wildman–Crippen LogP) is 1.90. The number of aromatic nitrogens is 5. The van der Waals surface area contributed by atoms with Crippen LogP contribution in [0.3, 0.4) is 0 Å². The number of fused-ring (bicyclic) bond motifs is 1. The van der Waals surface area contributed by atoms with Crippen molar-refractivity contribution in [1.82, 2.24) is 24.7 Å². The van der Waals surface area contributed by atoms with Crippen molar-refractivity contribution >= 4 is 27.0 Å². The maximum Gasteiger partial charge on any atom is 0.264 e. The smallest absolute Gasteiger partial charge is 0.264 e. The molecule has 11 nitrogen and oxygen atoms in total. The normalized spacial score (nSPS) is 19.8. The number of nitrogens with zero attached hydrogens (tertiary/aromatic N) is 6. The van der Waals surface area contributed by atoms with Crippen LogP contribution in [0.2, 0.25) is 0 Å². The van der Waals surface area contributed by atoms with Gasteiger partial charge in [0.2, 0.25) is 5.95 Å². The second-order valence-corrected chi connectivity index (χ2v) is 9.75. The lowest BCUT2D eigenvalue weighted by Crippen LogP contribution is -2.37. The molecule has 33 heavy (non-hydrogen) atoms.